The van der Waals surface area contributed by atoms with E-state index in [9.17, 15) is 14.7 Å². The molecular weight excluding hydrogens is 294 g/mol. The normalized spacial score (nSPS) is 24.0. The van der Waals surface area contributed by atoms with Crippen molar-refractivity contribution < 1.29 is 19.4 Å². The van der Waals surface area contributed by atoms with Gasteiger partial charge in [0.1, 0.15) is 11.3 Å². The Kier molecular flexibility index (Phi) is 5.64. The number of carbonyl (C=O) groups is 2. The molecule has 0 saturated heterocycles. The third-order valence-electron chi connectivity index (χ3n) is 4.85. The van der Waals surface area contributed by atoms with Gasteiger partial charge in [-0.15, -0.1) is 0 Å². The Bertz CT molecular complexity index is 545. The van der Waals surface area contributed by atoms with Crippen molar-refractivity contribution in [3.05, 3.63) is 29.8 Å². The first kappa shape index (κ1) is 17.3. The molecule has 5 nitrogen and oxygen atoms in total. The highest BCUT2D eigenvalue weighted by Gasteiger charge is 2.42. The predicted octanol–water partition coefficient (Wildman–Crippen LogP) is 2.78. The molecule has 0 atom stereocenters. The first-order valence-corrected chi connectivity index (χ1v) is 8.16. The molecule has 1 amide bonds. The van der Waals surface area contributed by atoms with Crippen LogP contribution in [0.15, 0.2) is 24.3 Å². The van der Waals surface area contributed by atoms with Crippen molar-refractivity contribution >= 4 is 11.9 Å². The number of methoxy groups -OCH3 is 1. The van der Waals surface area contributed by atoms with Gasteiger partial charge in [-0.1, -0.05) is 25.5 Å². The zero-order valence-corrected chi connectivity index (χ0v) is 13.8. The molecule has 1 aromatic carbocycles. The van der Waals surface area contributed by atoms with Crippen molar-refractivity contribution in [2.24, 2.45) is 5.92 Å². The average molecular weight is 319 g/mol. The van der Waals surface area contributed by atoms with E-state index in [4.69, 9.17) is 4.74 Å². The van der Waals surface area contributed by atoms with Crippen LogP contribution in [0.2, 0.25) is 0 Å². The Morgan fingerprint density at radius 2 is 1.87 bits per heavy atom. The SMILES string of the molecule is CCC1CCC(NC(=O)Cc2ccc(OC)cc2)(C(=O)O)CC1. The van der Waals surface area contributed by atoms with Crippen molar-refractivity contribution in [3.8, 4) is 5.75 Å². The molecule has 2 rings (SSSR count). The second kappa shape index (κ2) is 7.49. The number of rotatable bonds is 6. The van der Waals surface area contributed by atoms with E-state index < -0.39 is 11.5 Å². The second-order valence-electron chi connectivity index (χ2n) is 6.31. The zero-order valence-electron chi connectivity index (χ0n) is 13.8. The van der Waals surface area contributed by atoms with Crippen LogP contribution >= 0.6 is 0 Å². The summed E-state index contributed by atoms with van der Waals surface area (Å²) in [4.78, 5) is 24.0. The number of carboxylic acids is 1. The maximum atomic E-state index is 12.3. The molecule has 1 fully saturated rings. The van der Waals surface area contributed by atoms with E-state index in [2.05, 4.69) is 12.2 Å². The summed E-state index contributed by atoms with van der Waals surface area (Å²) in [6.45, 7) is 2.13. The van der Waals surface area contributed by atoms with Crippen LogP contribution in [0, 0.1) is 5.92 Å². The van der Waals surface area contributed by atoms with Gasteiger partial charge >= 0.3 is 5.97 Å². The monoisotopic (exact) mass is 319 g/mol. The lowest BCUT2D eigenvalue weighted by molar-refractivity contribution is -0.149. The van der Waals surface area contributed by atoms with E-state index in [1.807, 2.05) is 12.1 Å². The summed E-state index contributed by atoms with van der Waals surface area (Å²) in [6, 6.07) is 7.23. The summed E-state index contributed by atoms with van der Waals surface area (Å²) in [6.07, 6.45) is 3.97. The molecule has 1 aromatic rings. The predicted molar refractivity (Wildman–Crippen MR) is 87.5 cm³/mol. The lowest BCUT2D eigenvalue weighted by Crippen LogP contribution is -2.56. The Balaban J connectivity index is 1.99. The minimum absolute atomic E-state index is 0.177. The summed E-state index contributed by atoms with van der Waals surface area (Å²) >= 11 is 0. The highest BCUT2D eigenvalue weighted by molar-refractivity contribution is 5.88. The Labute approximate surface area is 137 Å². The van der Waals surface area contributed by atoms with Crippen LogP contribution in [0.5, 0.6) is 5.75 Å². The molecule has 2 N–H and O–H groups in total. The molecule has 0 unspecified atom stereocenters. The van der Waals surface area contributed by atoms with Gasteiger partial charge in [0.25, 0.3) is 0 Å². The van der Waals surface area contributed by atoms with Gasteiger partial charge in [-0.05, 0) is 49.3 Å². The third-order valence-corrected chi connectivity index (χ3v) is 4.85. The number of aliphatic carboxylic acids is 1. The van der Waals surface area contributed by atoms with Crippen LogP contribution < -0.4 is 10.1 Å². The van der Waals surface area contributed by atoms with Crippen molar-refractivity contribution in [1.82, 2.24) is 5.32 Å². The lowest BCUT2D eigenvalue weighted by atomic mass is 9.75. The molecule has 0 radical (unpaired) electrons. The van der Waals surface area contributed by atoms with Gasteiger partial charge < -0.3 is 15.2 Å². The van der Waals surface area contributed by atoms with Gasteiger partial charge in [0.15, 0.2) is 0 Å². The maximum Gasteiger partial charge on any atom is 0.329 e. The number of ether oxygens (including phenoxy) is 1. The number of nitrogens with one attached hydrogen (secondary N) is 1. The van der Waals surface area contributed by atoms with Gasteiger partial charge in [-0.25, -0.2) is 4.79 Å². The molecule has 0 heterocycles. The number of hydrogen-bond acceptors (Lipinski definition) is 3. The van der Waals surface area contributed by atoms with Gasteiger partial charge in [0.2, 0.25) is 5.91 Å². The van der Waals surface area contributed by atoms with E-state index in [0.717, 1.165) is 30.6 Å². The number of amides is 1. The van der Waals surface area contributed by atoms with Crippen LogP contribution in [0.1, 0.15) is 44.6 Å². The van der Waals surface area contributed by atoms with E-state index in [-0.39, 0.29) is 12.3 Å². The molecule has 0 bridgehead atoms. The number of carbonyl (C=O) groups excluding carboxylic acids is 1. The zero-order chi connectivity index (χ0) is 16.9. The van der Waals surface area contributed by atoms with Gasteiger partial charge in [0.05, 0.1) is 13.5 Å². The Morgan fingerprint density at radius 1 is 1.26 bits per heavy atom. The van der Waals surface area contributed by atoms with E-state index in [0.29, 0.717) is 18.8 Å². The topological polar surface area (TPSA) is 75.6 Å². The molecule has 5 heteroatoms. The fourth-order valence-corrected chi connectivity index (χ4v) is 3.21. The maximum absolute atomic E-state index is 12.3. The van der Waals surface area contributed by atoms with E-state index in [1.54, 1.807) is 19.2 Å². The lowest BCUT2D eigenvalue weighted by Gasteiger charge is -2.37. The minimum Gasteiger partial charge on any atom is -0.497 e. The number of hydrogen-bond donors (Lipinski definition) is 2. The molecule has 1 aliphatic rings. The smallest absolute Gasteiger partial charge is 0.329 e. The molecule has 23 heavy (non-hydrogen) atoms. The first-order chi connectivity index (χ1) is 11.0. The average Bonchev–Trinajstić information content (AvgIpc) is 2.56. The largest absolute Gasteiger partial charge is 0.497 e. The summed E-state index contributed by atoms with van der Waals surface area (Å²) in [7, 11) is 1.59. The van der Waals surface area contributed by atoms with Gasteiger partial charge in [-0.2, -0.15) is 0 Å². The third kappa shape index (κ3) is 4.24. The van der Waals surface area contributed by atoms with Crippen LogP contribution in [-0.2, 0) is 16.0 Å². The standard InChI is InChI=1S/C18H25NO4/c1-3-13-8-10-18(11-9-13,17(21)22)19-16(20)12-14-4-6-15(23-2)7-5-14/h4-7,13H,3,8-12H2,1-2H3,(H,19,20)(H,21,22). The number of benzene rings is 1. The molecule has 1 aliphatic carbocycles. The second-order valence-corrected chi connectivity index (χ2v) is 6.31. The van der Waals surface area contributed by atoms with E-state index >= 15 is 0 Å². The Morgan fingerprint density at radius 3 is 2.35 bits per heavy atom. The van der Waals surface area contributed by atoms with Crippen molar-refractivity contribution in [1.29, 1.82) is 0 Å². The van der Waals surface area contributed by atoms with Crippen molar-refractivity contribution in [3.63, 3.8) is 0 Å². The molecule has 0 aromatic heterocycles. The molecule has 0 spiro atoms. The van der Waals surface area contributed by atoms with E-state index in [1.165, 1.54) is 0 Å². The fraction of sp³-hybridized carbons (Fsp3) is 0.556. The highest BCUT2D eigenvalue weighted by atomic mass is 16.5. The minimum atomic E-state index is -1.10. The Hall–Kier alpha value is -2.04. The molecular formula is C18H25NO4. The quantitative estimate of drug-likeness (QED) is 0.845. The van der Waals surface area contributed by atoms with Crippen LogP contribution in [0.3, 0.4) is 0 Å². The summed E-state index contributed by atoms with van der Waals surface area (Å²) in [5, 5.41) is 12.4. The van der Waals surface area contributed by atoms with Crippen molar-refractivity contribution in [2.75, 3.05) is 7.11 Å². The first-order valence-electron chi connectivity index (χ1n) is 8.16. The molecule has 0 aliphatic heterocycles. The fourth-order valence-electron chi connectivity index (χ4n) is 3.21. The van der Waals surface area contributed by atoms with Gasteiger partial charge in [-0.3, -0.25) is 4.79 Å². The van der Waals surface area contributed by atoms with Crippen molar-refractivity contribution in [2.45, 2.75) is 51.0 Å². The van der Waals surface area contributed by atoms with Gasteiger partial charge in [0, 0.05) is 0 Å². The summed E-state index contributed by atoms with van der Waals surface area (Å²) in [5.41, 5.74) is -0.263. The highest BCUT2D eigenvalue weighted by Crippen LogP contribution is 2.34. The summed E-state index contributed by atoms with van der Waals surface area (Å²) in [5.74, 6) is 0.137. The van der Waals surface area contributed by atoms with Crippen LogP contribution in [0.4, 0.5) is 0 Å². The summed E-state index contributed by atoms with van der Waals surface area (Å²) < 4.78 is 5.09. The van der Waals surface area contributed by atoms with Crippen LogP contribution in [-0.4, -0.2) is 29.6 Å². The number of carboxylic acid groups (broad SMARTS) is 1. The molecule has 126 valence electrons. The van der Waals surface area contributed by atoms with Crippen LogP contribution in [0.25, 0.3) is 0 Å². The molecule has 1 saturated carbocycles.